The van der Waals surface area contributed by atoms with Crippen LogP contribution in [0.5, 0.6) is 0 Å². The fourth-order valence-corrected chi connectivity index (χ4v) is 2.42. The zero-order valence-corrected chi connectivity index (χ0v) is 11.8. The van der Waals surface area contributed by atoms with Crippen LogP contribution < -0.4 is 0 Å². The lowest BCUT2D eigenvalue weighted by molar-refractivity contribution is 0.0605. The first-order valence-corrected chi connectivity index (χ1v) is 6.77. The van der Waals surface area contributed by atoms with Gasteiger partial charge in [-0.05, 0) is 35.7 Å². The van der Waals surface area contributed by atoms with Gasteiger partial charge in [-0.3, -0.25) is 0 Å². The molecule has 20 heavy (non-hydrogen) atoms. The van der Waals surface area contributed by atoms with Crippen molar-refractivity contribution in [3.63, 3.8) is 0 Å². The van der Waals surface area contributed by atoms with Gasteiger partial charge in [-0.1, -0.05) is 24.3 Å². The Kier molecular flexibility index (Phi) is 4.41. The number of benzene rings is 2. The molecule has 0 aliphatic carbocycles. The molecule has 1 atom stereocenters. The second-order valence-electron chi connectivity index (χ2n) is 4.93. The maximum Gasteiger partial charge on any atom is 0.126 e. The molecule has 0 aliphatic rings. The Morgan fingerprint density at radius 1 is 1.10 bits per heavy atom. The van der Waals surface area contributed by atoms with Gasteiger partial charge in [0.25, 0.3) is 0 Å². The predicted molar refractivity (Wildman–Crippen MR) is 75.9 cm³/mol. The summed E-state index contributed by atoms with van der Waals surface area (Å²) in [4.78, 5) is 0. The van der Waals surface area contributed by atoms with Crippen molar-refractivity contribution in [2.24, 2.45) is 0 Å². The monoisotopic (exact) mass is 296 g/mol. The molecule has 0 fully saturated rings. The van der Waals surface area contributed by atoms with Crippen LogP contribution in [0, 0.1) is 18.6 Å². The first-order chi connectivity index (χ1) is 9.44. The molecule has 4 heteroatoms. The fraction of sp³-hybridized carbons (Fsp3) is 0.250. The molecule has 0 saturated heterocycles. The molecule has 0 aromatic heterocycles. The summed E-state index contributed by atoms with van der Waals surface area (Å²) in [7, 11) is 0. The molecule has 2 rings (SSSR count). The summed E-state index contributed by atoms with van der Waals surface area (Å²) in [6.07, 6.45) is 0.200. The van der Waals surface area contributed by atoms with E-state index in [0.717, 1.165) is 29.3 Å². The highest BCUT2D eigenvalue weighted by atomic mass is 35.5. The van der Waals surface area contributed by atoms with Crippen molar-refractivity contribution in [2.75, 3.05) is 5.88 Å². The summed E-state index contributed by atoms with van der Waals surface area (Å²) in [5.41, 5.74) is 0.526. The van der Waals surface area contributed by atoms with Gasteiger partial charge in [0.2, 0.25) is 0 Å². The Morgan fingerprint density at radius 3 is 2.25 bits per heavy atom. The minimum absolute atomic E-state index is 0.147. The molecule has 1 N–H and O–H groups in total. The van der Waals surface area contributed by atoms with Crippen LogP contribution in [-0.4, -0.2) is 11.0 Å². The van der Waals surface area contributed by atoms with E-state index in [1.165, 1.54) is 0 Å². The Labute approximate surface area is 121 Å². The van der Waals surface area contributed by atoms with Crippen molar-refractivity contribution in [3.05, 3.63) is 70.8 Å². The van der Waals surface area contributed by atoms with Crippen LogP contribution in [0.2, 0.25) is 0 Å². The first-order valence-electron chi connectivity index (χ1n) is 6.24. The minimum atomic E-state index is -1.50. The van der Waals surface area contributed by atoms with Crippen LogP contribution >= 0.6 is 11.6 Å². The van der Waals surface area contributed by atoms with Gasteiger partial charge in [0.05, 0.1) is 5.88 Å². The highest BCUT2D eigenvalue weighted by Gasteiger charge is 2.30. The van der Waals surface area contributed by atoms with Gasteiger partial charge in [0, 0.05) is 12.5 Å². The van der Waals surface area contributed by atoms with Gasteiger partial charge in [-0.2, -0.15) is 0 Å². The quantitative estimate of drug-likeness (QED) is 0.847. The normalized spacial score (nSPS) is 14.1. The predicted octanol–water partition coefficient (Wildman–Crippen LogP) is 3.94. The van der Waals surface area contributed by atoms with Crippen LogP contribution in [0.4, 0.5) is 8.78 Å². The van der Waals surface area contributed by atoms with Gasteiger partial charge in [-0.15, -0.1) is 11.6 Å². The van der Waals surface area contributed by atoms with Crippen molar-refractivity contribution >= 4 is 11.6 Å². The summed E-state index contributed by atoms with van der Waals surface area (Å²) in [5.74, 6) is -1.61. The lowest BCUT2D eigenvalue weighted by atomic mass is 9.87. The molecule has 0 amide bonds. The van der Waals surface area contributed by atoms with Crippen molar-refractivity contribution in [1.29, 1.82) is 0 Å². The third-order valence-corrected chi connectivity index (χ3v) is 3.81. The maximum atomic E-state index is 13.3. The number of rotatable bonds is 4. The van der Waals surface area contributed by atoms with Crippen molar-refractivity contribution in [3.8, 4) is 0 Å². The van der Waals surface area contributed by atoms with Crippen LogP contribution in [0.1, 0.15) is 16.7 Å². The Hall–Kier alpha value is -1.45. The molecular formula is C16H15ClF2O. The van der Waals surface area contributed by atoms with Crippen molar-refractivity contribution in [2.45, 2.75) is 18.9 Å². The number of aryl methyl sites for hydroxylation is 1. The van der Waals surface area contributed by atoms with E-state index in [-0.39, 0.29) is 17.9 Å². The van der Waals surface area contributed by atoms with Crippen molar-refractivity contribution < 1.29 is 13.9 Å². The average Bonchev–Trinajstić information content (AvgIpc) is 2.40. The zero-order chi connectivity index (χ0) is 14.8. The Bertz CT molecular complexity index is 595. The number of hydrogen-bond donors (Lipinski definition) is 1. The third kappa shape index (κ3) is 3.17. The van der Waals surface area contributed by atoms with E-state index in [9.17, 15) is 13.9 Å². The first kappa shape index (κ1) is 14.9. The van der Waals surface area contributed by atoms with E-state index in [4.69, 9.17) is 11.6 Å². The maximum absolute atomic E-state index is 13.3. The van der Waals surface area contributed by atoms with Gasteiger partial charge >= 0.3 is 0 Å². The Balaban J connectivity index is 2.41. The second-order valence-corrected chi connectivity index (χ2v) is 5.19. The Morgan fingerprint density at radius 2 is 1.70 bits per heavy atom. The van der Waals surface area contributed by atoms with Gasteiger partial charge < -0.3 is 5.11 Å². The van der Waals surface area contributed by atoms with Gasteiger partial charge in [-0.25, -0.2) is 8.78 Å². The van der Waals surface area contributed by atoms with Gasteiger partial charge in [0.1, 0.15) is 17.2 Å². The standard InChI is InChI=1S/C16H15ClF2O/c1-11-4-2-3-5-12(11)9-16(20,10-17)13-6-14(18)8-15(19)7-13/h2-8,20H,9-10H2,1H3. The average molecular weight is 297 g/mol. The SMILES string of the molecule is Cc1ccccc1CC(O)(CCl)c1cc(F)cc(F)c1. The fourth-order valence-electron chi connectivity index (χ4n) is 2.17. The second kappa shape index (κ2) is 5.90. The molecule has 0 bridgehead atoms. The number of halogens is 3. The molecule has 2 aromatic rings. The molecule has 0 saturated carbocycles. The lowest BCUT2D eigenvalue weighted by Crippen LogP contribution is -2.31. The molecule has 1 unspecified atom stereocenters. The third-order valence-electron chi connectivity index (χ3n) is 3.37. The summed E-state index contributed by atoms with van der Waals surface area (Å²) in [5, 5.41) is 10.7. The van der Waals surface area contributed by atoms with E-state index in [2.05, 4.69) is 0 Å². The number of hydrogen-bond acceptors (Lipinski definition) is 1. The molecular weight excluding hydrogens is 282 g/mol. The zero-order valence-electron chi connectivity index (χ0n) is 11.0. The summed E-state index contributed by atoms with van der Waals surface area (Å²) in [6, 6.07) is 10.5. The molecule has 0 radical (unpaired) electrons. The molecule has 0 heterocycles. The van der Waals surface area contributed by atoms with Crippen LogP contribution in [0.3, 0.4) is 0 Å². The molecule has 0 aliphatic heterocycles. The van der Waals surface area contributed by atoms with E-state index in [1.807, 2.05) is 31.2 Å². The summed E-state index contributed by atoms with van der Waals surface area (Å²) < 4.78 is 26.6. The summed E-state index contributed by atoms with van der Waals surface area (Å²) in [6.45, 7) is 1.91. The highest BCUT2D eigenvalue weighted by molar-refractivity contribution is 6.18. The van der Waals surface area contributed by atoms with E-state index in [1.54, 1.807) is 0 Å². The smallest absolute Gasteiger partial charge is 0.126 e. The van der Waals surface area contributed by atoms with Gasteiger partial charge in [0.15, 0.2) is 0 Å². The van der Waals surface area contributed by atoms with Crippen molar-refractivity contribution in [1.82, 2.24) is 0 Å². The van der Waals surface area contributed by atoms with Crippen LogP contribution in [-0.2, 0) is 12.0 Å². The summed E-state index contributed by atoms with van der Waals surface area (Å²) >= 11 is 5.86. The van der Waals surface area contributed by atoms with Crippen LogP contribution in [0.15, 0.2) is 42.5 Å². The molecule has 0 spiro atoms. The molecule has 106 valence electrons. The number of aliphatic hydroxyl groups is 1. The topological polar surface area (TPSA) is 20.2 Å². The lowest BCUT2D eigenvalue weighted by Gasteiger charge is -2.27. The number of alkyl halides is 1. The largest absolute Gasteiger partial charge is 0.384 e. The highest BCUT2D eigenvalue weighted by Crippen LogP contribution is 2.29. The van der Waals surface area contributed by atoms with E-state index < -0.39 is 17.2 Å². The van der Waals surface area contributed by atoms with E-state index in [0.29, 0.717) is 0 Å². The molecule has 1 nitrogen and oxygen atoms in total. The minimum Gasteiger partial charge on any atom is -0.384 e. The van der Waals surface area contributed by atoms with E-state index >= 15 is 0 Å². The molecule has 2 aromatic carbocycles. The van der Waals surface area contributed by atoms with Crippen LogP contribution in [0.25, 0.3) is 0 Å².